The average Bonchev–Trinajstić information content (AvgIpc) is 2.87. The first kappa shape index (κ1) is 9.92. The second-order valence-corrected chi connectivity index (χ2v) is 3.97. The maximum absolute atomic E-state index is 10.5. The van der Waals surface area contributed by atoms with E-state index in [2.05, 4.69) is 0 Å². The largest absolute Gasteiger partial charge is 0.508 e. The average molecular weight is 209 g/mol. The molecule has 1 aliphatic rings. The highest BCUT2D eigenvalue weighted by molar-refractivity contribution is 5.44. The molecule has 5 heteroatoms. The molecule has 0 aromatic heterocycles. The second-order valence-electron chi connectivity index (χ2n) is 3.97. The number of aromatic hydroxyl groups is 1. The first-order valence-electron chi connectivity index (χ1n) is 4.69. The van der Waals surface area contributed by atoms with Crippen molar-refractivity contribution in [2.45, 2.75) is 24.9 Å². The van der Waals surface area contributed by atoms with Gasteiger partial charge in [-0.05, 0) is 18.9 Å². The first-order chi connectivity index (χ1) is 7.00. The molecule has 0 heterocycles. The molecule has 2 rings (SSSR count). The number of non-ortho nitro benzene ring substituents is 1. The molecule has 1 aromatic rings. The van der Waals surface area contributed by atoms with E-state index in [1.165, 1.54) is 18.2 Å². The summed E-state index contributed by atoms with van der Waals surface area (Å²) in [5.41, 5.74) is -0.386. The van der Waals surface area contributed by atoms with Crippen LogP contribution in [-0.4, -0.2) is 20.7 Å². The summed E-state index contributed by atoms with van der Waals surface area (Å²) in [6.45, 7) is 0. The molecule has 0 radical (unpaired) electrons. The summed E-state index contributed by atoms with van der Waals surface area (Å²) in [5, 5.41) is 29.6. The Balaban J connectivity index is 2.28. The van der Waals surface area contributed by atoms with E-state index in [4.69, 9.17) is 0 Å². The van der Waals surface area contributed by atoms with Crippen molar-refractivity contribution in [3.05, 3.63) is 33.9 Å². The van der Waals surface area contributed by atoms with Gasteiger partial charge in [-0.15, -0.1) is 0 Å². The summed E-state index contributed by atoms with van der Waals surface area (Å²) >= 11 is 0. The fourth-order valence-electron chi connectivity index (χ4n) is 1.50. The minimum atomic E-state index is -0.757. The highest BCUT2D eigenvalue weighted by atomic mass is 16.6. The van der Waals surface area contributed by atoms with Gasteiger partial charge in [0.1, 0.15) is 5.75 Å². The monoisotopic (exact) mass is 209 g/mol. The zero-order valence-corrected chi connectivity index (χ0v) is 8.01. The van der Waals surface area contributed by atoms with Crippen molar-refractivity contribution in [2.24, 2.45) is 0 Å². The van der Waals surface area contributed by atoms with Crippen LogP contribution in [0.4, 0.5) is 5.69 Å². The molecule has 0 amide bonds. The van der Waals surface area contributed by atoms with Gasteiger partial charge in [0.15, 0.2) is 0 Å². The Morgan fingerprint density at radius 3 is 2.67 bits per heavy atom. The smallest absolute Gasteiger partial charge is 0.269 e. The van der Waals surface area contributed by atoms with Crippen LogP contribution in [0, 0.1) is 10.1 Å². The molecule has 5 nitrogen and oxygen atoms in total. The molecule has 0 saturated heterocycles. The van der Waals surface area contributed by atoms with Crippen LogP contribution < -0.4 is 0 Å². The Hall–Kier alpha value is -1.62. The van der Waals surface area contributed by atoms with Crippen LogP contribution in [0.3, 0.4) is 0 Å². The molecule has 80 valence electrons. The molecule has 1 aliphatic carbocycles. The molecule has 1 fully saturated rings. The van der Waals surface area contributed by atoms with Gasteiger partial charge in [0, 0.05) is 24.1 Å². The molecule has 15 heavy (non-hydrogen) atoms. The molecular formula is C10H11NO4. The molecule has 0 unspecified atom stereocenters. The summed E-state index contributed by atoms with van der Waals surface area (Å²) in [6.07, 6.45) is 1.66. The molecule has 1 aromatic carbocycles. The lowest BCUT2D eigenvalue weighted by atomic mass is 10.0. The zero-order chi connectivity index (χ0) is 11.1. The fraction of sp³-hybridized carbons (Fsp3) is 0.400. The lowest BCUT2D eigenvalue weighted by Gasteiger charge is -2.08. The summed E-state index contributed by atoms with van der Waals surface area (Å²) < 4.78 is 0. The lowest BCUT2D eigenvalue weighted by Crippen LogP contribution is -2.10. The van der Waals surface area contributed by atoms with Crippen molar-refractivity contribution in [3.8, 4) is 5.75 Å². The van der Waals surface area contributed by atoms with Gasteiger partial charge in [-0.2, -0.15) is 0 Å². The van der Waals surface area contributed by atoms with Crippen LogP contribution in [0.2, 0.25) is 0 Å². The first-order valence-corrected chi connectivity index (χ1v) is 4.69. The van der Waals surface area contributed by atoms with Gasteiger partial charge < -0.3 is 10.2 Å². The summed E-state index contributed by atoms with van der Waals surface area (Å²) in [7, 11) is 0. The lowest BCUT2D eigenvalue weighted by molar-refractivity contribution is -0.384. The molecule has 2 N–H and O–H groups in total. The van der Waals surface area contributed by atoms with E-state index in [1.807, 2.05) is 0 Å². The second kappa shape index (κ2) is 3.20. The minimum Gasteiger partial charge on any atom is -0.508 e. The van der Waals surface area contributed by atoms with Gasteiger partial charge in [-0.25, -0.2) is 0 Å². The third-order valence-electron chi connectivity index (χ3n) is 2.62. The van der Waals surface area contributed by atoms with Crippen molar-refractivity contribution >= 4 is 5.69 Å². The molecule has 1 saturated carbocycles. The third-order valence-corrected chi connectivity index (χ3v) is 2.62. The van der Waals surface area contributed by atoms with Crippen molar-refractivity contribution < 1.29 is 15.1 Å². The quantitative estimate of drug-likeness (QED) is 0.581. The Morgan fingerprint density at radius 1 is 1.47 bits per heavy atom. The number of nitro groups is 1. The number of hydrogen-bond donors (Lipinski definition) is 2. The van der Waals surface area contributed by atoms with E-state index in [9.17, 15) is 20.3 Å². The van der Waals surface area contributed by atoms with E-state index >= 15 is 0 Å². The van der Waals surface area contributed by atoms with Gasteiger partial charge in [0.05, 0.1) is 10.5 Å². The van der Waals surface area contributed by atoms with E-state index in [0.29, 0.717) is 18.4 Å². The van der Waals surface area contributed by atoms with E-state index in [1.54, 1.807) is 0 Å². The van der Waals surface area contributed by atoms with Gasteiger partial charge in [-0.1, -0.05) is 0 Å². The normalized spacial score (nSPS) is 17.4. The van der Waals surface area contributed by atoms with E-state index in [0.717, 1.165) is 0 Å². The fourth-order valence-corrected chi connectivity index (χ4v) is 1.50. The molecular weight excluding hydrogens is 198 g/mol. The van der Waals surface area contributed by atoms with Crippen molar-refractivity contribution in [3.63, 3.8) is 0 Å². The zero-order valence-electron chi connectivity index (χ0n) is 8.01. The number of nitro benzene ring substituents is 1. The van der Waals surface area contributed by atoms with E-state index < -0.39 is 10.5 Å². The maximum atomic E-state index is 10.5. The topological polar surface area (TPSA) is 83.6 Å². The van der Waals surface area contributed by atoms with Gasteiger partial charge >= 0.3 is 0 Å². The van der Waals surface area contributed by atoms with Crippen LogP contribution in [-0.2, 0) is 6.42 Å². The Morgan fingerprint density at radius 2 is 2.13 bits per heavy atom. The van der Waals surface area contributed by atoms with Crippen molar-refractivity contribution in [2.75, 3.05) is 0 Å². The van der Waals surface area contributed by atoms with Crippen molar-refractivity contribution in [1.82, 2.24) is 0 Å². The number of rotatable bonds is 3. The van der Waals surface area contributed by atoms with Crippen molar-refractivity contribution in [1.29, 1.82) is 0 Å². The van der Waals surface area contributed by atoms with Crippen LogP contribution in [0.15, 0.2) is 18.2 Å². The van der Waals surface area contributed by atoms with Crippen LogP contribution in [0.5, 0.6) is 5.75 Å². The number of phenolic OH excluding ortho intramolecular Hbond substituents is 1. The number of nitrogens with zero attached hydrogens (tertiary/aromatic N) is 1. The Labute approximate surface area is 86.1 Å². The van der Waals surface area contributed by atoms with E-state index in [-0.39, 0.29) is 17.9 Å². The Kier molecular flexibility index (Phi) is 2.12. The van der Waals surface area contributed by atoms with Gasteiger partial charge in [0.25, 0.3) is 5.69 Å². The number of benzene rings is 1. The number of aliphatic hydroxyl groups is 1. The van der Waals surface area contributed by atoms with Gasteiger partial charge in [-0.3, -0.25) is 10.1 Å². The molecule has 0 bridgehead atoms. The Bertz CT molecular complexity index is 412. The minimum absolute atomic E-state index is 0.000856. The SMILES string of the molecule is O=[N+]([O-])c1ccc(O)c(CC2(O)CC2)c1. The maximum Gasteiger partial charge on any atom is 0.269 e. The predicted octanol–water partition coefficient (Wildman–Crippen LogP) is 1.37. The number of hydrogen-bond acceptors (Lipinski definition) is 4. The summed E-state index contributed by atoms with van der Waals surface area (Å²) in [4.78, 5) is 9.99. The van der Waals surface area contributed by atoms with Crippen LogP contribution in [0.1, 0.15) is 18.4 Å². The standard InChI is InChI=1S/C10H11NO4/c12-9-2-1-8(11(14)15)5-7(9)6-10(13)3-4-10/h1-2,5,12-13H,3-4,6H2. The van der Waals surface area contributed by atoms with Gasteiger partial charge in [0.2, 0.25) is 0 Å². The molecule has 0 spiro atoms. The molecule has 0 atom stereocenters. The van der Waals surface area contributed by atoms with Crippen LogP contribution >= 0.6 is 0 Å². The van der Waals surface area contributed by atoms with Crippen LogP contribution in [0.25, 0.3) is 0 Å². The third kappa shape index (κ3) is 2.07. The summed E-state index contributed by atoms with van der Waals surface area (Å²) in [6, 6.07) is 3.85. The molecule has 0 aliphatic heterocycles. The summed E-state index contributed by atoms with van der Waals surface area (Å²) in [5.74, 6) is 0.000856. The predicted molar refractivity (Wildman–Crippen MR) is 52.6 cm³/mol. The highest BCUT2D eigenvalue weighted by Crippen LogP contribution is 2.40. The number of phenols is 1. The highest BCUT2D eigenvalue weighted by Gasteiger charge is 2.40.